The minimum atomic E-state index is -3.94. The average molecular weight is 526 g/mol. The highest BCUT2D eigenvalue weighted by Gasteiger charge is 2.46. The first-order valence-corrected chi connectivity index (χ1v) is 13.5. The van der Waals surface area contributed by atoms with E-state index in [4.69, 9.17) is 0 Å². The van der Waals surface area contributed by atoms with E-state index >= 15 is 0 Å². The molecule has 1 heterocycles. The molecule has 3 N–H and O–H groups in total. The number of hydrogen-bond donors (Lipinski definition) is 3. The molecule has 0 spiro atoms. The van der Waals surface area contributed by atoms with Gasteiger partial charge >= 0.3 is 0 Å². The molecule has 1 aliphatic heterocycles. The zero-order valence-electron chi connectivity index (χ0n) is 20.9. The average Bonchev–Trinajstić information content (AvgIpc) is 3.12. The Balaban J connectivity index is 1.77. The molecule has 0 aromatic heterocycles. The Hall–Kier alpha value is -3.63. The summed E-state index contributed by atoms with van der Waals surface area (Å²) in [5, 5.41) is 5.85. The summed E-state index contributed by atoms with van der Waals surface area (Å²) in [5.74, 6) is -4.73. The van der Waals surface area contributed by atoms with Gasteiger partial charge in [0, 0.05) is 11.8 Å². The lowest BCUT2D eigenvalue weighted by Crippen LogP contribution is -2.49. The van der Waals surface area contributed by atoms with Crippen LogP contribution in [0, 0.1) is 17.8 Å². The quantitative estimate of drug-likeness (QED) is 0.304. The molecule has 0 radical (unpaired) electrons. The molecule has 3 rings (SSSR count). The third-order valence-corrected chi connectivity index (χ3v) is 7.28. The predicted molar refractivity (Wildman–Crippen MR) is 139 cm³/mol. The van der Waals surface area contributed by atoms with Crippen LogP contribution < -0.4 is 15.4 Å². The predicted octanol–water partition coefficient (Wildman–Crippen LogP) is 2.33. The highest BCUT2D eigenvalue weighted by atomic mass is 32.2. The second-order valence-electron chi connectivity index (χ2n) is 9.36. The normalized spacial score (nSPS) is 19.6. The smallest absolute Gasteiger partial charge is 0.238 e. The lowest BCUT2D eigenvalue weighted by molar-refractivity contribution is -0.137. The first-order chi connectivity index (χ1) is 17.5. The van der Waals surface area contributed by atoms with Gasteiger partial charge in [-0.15, -0.1) is 0 Å². The van der Waals surface area contributed by atoms with E-state index in [0.29, 0.717) is 11.1 Å². The molecule has 1 saturated heterocycles. The van der Waals surface area contributed by atoms with Gasteiger partial charge in [0.25, 0.3) is 0 Å². The summed E-state index contributed by atoms with van der Waals surface area (Å²) >= 11 is 0. The van der Waals surface area contributed by atoms with Crippen molar-refractivity contribution in [2.45, 2.75) is 39.3 Å². The van der Waals surface area contributed by atoms with Crippen molar-refractivity contribution in [1.29, 1.82) is 0 Å². The van der Waals surface area contributed by atoms with E-state index in [9.17, 15) is 27.6 Å². The summed E-state index contributed by atoms with van der Waals surface area (Å²) < 4.78 is 28.2. The maximum atomic E-state index is 13.1. The van der Waals surface area contributed by atoms with Crippen LogP contribution in [0.4, 0.5) is 0 Å². The first-order valence-electron chi connectivity index (χ1n) is 12.0. The van der Waals surface area contributed by atoms with Crippen LogP contribution in [0.1, 0.15) is 44.4 Å². The largest absolute Gasteiger partial charge is 0.346 e. The van der Waals surface area contributed by atoms with Gasteiger partial charge in [0.15, 0.2) is 5.78 Å². The molecule has 0 bridgehead atoms. The standard InChI is InChI=1S/C27H31N3O6S/c1-17(2)24(25(32)23-18(3)26(33)29-27(23)34)28-22(31)16-21(20-12-8-5-9-13-20)30-37(35,36)15-14-19-10-6-4-7-11-19/h4-15,17-18,21,23-24,30H,16H2,1-3H3,(H,28,31)(H,29,33,34)/t18-,21-,23+,24-/m0/s1. The minimum absolute atomic E-state index is 0.287. The summed E-state index contributed by atoms with van der Waals surface area (Å²) in [7, 11) is -3.94. The van der Waals surface area contributed by atoms with Crippen molar-refractivity contribution in [1.82, 2.24) is 15.4 Å². The summed E-state index contributed by atoms with van der Waals surface area (Å²) in [4.78, 5) is 50.2. The van der Waals surface area contributed by atoms with E-state index in [1.165, 1.54) is 13.0 Å². The molecule has 1 aliphatic rings. The Bertz CT molecular complexity index is 1280. The molecular formula is C27H31N3O6S. The van der Waals surface area contributed by atoms with E-state index in [2.05, 4.69) is 15.4 Å². The summed E-state index contributed by atoms with van der Waals surface area (Å²) in [6, 6.07) is 15.6. The third kappa shape index (κ3) is 7.43. The van der Waals surface area contributed by atoms with Gasteiger partial charge in [-0.1, -0.05) is 81.4 Å². The van der Waals surface area contributed by atoms with Crippen LogP contribution in [0.3, 0.4) is 0 Å². The number of amides is 3. The van der Waals surface area contributed by atoms with Crippen molar-refractivity contribution in [3.63, 3.8) is 0 Å². The topological polar surface area (TPSA) is 139 Å². The van der Waals surface area contributed by atoms with Gasteiger partial charge in [-0.3, -0.25) is 24.5 Å². The van der Waals surface area contributed by atoms with Crippen LogP contribution >= 0.6 is 0 Å². The Kier molecular flexibility index (Phi) is 9.12. The summed E-state index contributed by atoms with van der Waals surface area (Å²) in [5.41, 5.74) is 1.26. The summed E-state index contributed by atoms with van der Waals surface area (Å²) in [6.45, 7) is 4.92. The third-order valence-electron chi connectivity index (χ3n) is 6.18. The van der Waals surface area contributed by atoms with Crippen LogP contribution in [0.15, 0.2) is 66.1 Å². The molecule has 0 unspecified atom stereocenters. The van der Waals surface area contributed by atoms with Gasteiger partial charge < -0.3 is 5.32 Å². The van der Waals surface area contributed by atoms with E-state index in [1.54, 1.807) is 68.4 Å². The maximum absolute atomic E-state index is 13.1. The van der Waals surface area contributed by atoms with Crippen molar-refractivity contribution >= 4 is 39.6 Å². The fourth-order valence-corrected chi connectivity index (χ4v) is 5.16. The van der Waals surface area contributed by atoms with Crippen LogP contribution in [0.5, 0.6) is 0 Å². The Morgan fingerprint density at radius 1 is 0.973 bits per heavy atom. The van der Waals surface area contributed by atoms with Crippen molar-refractivity contribution in [2.24, 2.45) is 17.8 Å². The molecule has 1 fully saturated rings. The van der Waals surface area contributed by atoms with Crippen LogP contribution in [0.2, 0.25) is 0 Å². The fourth-order valence-electron chi connectivity index (χ4n) is 4.13. The fraction of sp³-hybridized carbons (Fsp3) is 0.333. The van der Waals surface area contributed by atoms with Gasteiger partial charge in [0.05, 0.1) is 18.0 Å². The molecule has 37 heavy (non-hydrogen) atoms. The molecule has 0 aliphatic carbocycles. The molecule has 2 aromatic rings. The van der Waals surface area contributed by atoms with Crippen molar-refractivity contribution < 1.29 is 27.6 Å². The van der Waals surface area contributed by atoms with E-state index in [1.807, 2.05) is 6.07 Å². The number of Topliss-reactive ketones (excluding diaryl/α,β-unsaturated/α-hetero) is 1. The number of sulfonamides is 1. The van der Waals surface area contributed by atoms with Gasteiger partial charge in [0.1, 0.15) is 5.92 Å². The maximum Gasteiger partial charge on any atom is 0.238 e. The number of imide groups is 1. The SMILES string of the molecule is CC(C)[C@H](NC(=O)C[C@H](NS(=O)(=O)C=Cc1ccccc1)c1ccccc1)C(=O)[C@@H]1C(=O)NC(=O)[C@H]1C. The lowest BCUT2D eigenvalue weighted by atomic mass is 9.85. The molecule has 2 aromatic carbocycles. The number of ketones is 1. The van der Waals surface area contributed by atoms with E-state index in [0.717, 1.165) is 5.41 Å². The number of carbonyl (C=O) groups is 4. The van der Waals surface area contributed by atoms with Gasteiger partial charge in [-0.2, -0.15) is 0 Å². The zero-order valence-corrected chi connectivity index (χ0v) is 21.7. The number of carbonyl (C=O) groups excluding carboxylic acids is 4. The van der Waals surface area contributed by atoms with Crippen LogP contribution in [-0.4, -0.2) is 38.0 Å². The number of nitrogens with one attached hydrogen (secondary N) is 3. The Morgan fingerprint density at radius 2 is 1.57 bits per heavy atom. The number of hydrogen-bond acceptors (Lipinski definition) is 6. The lowest BCUT2D eigenvalue weighted by Gasteiger charge is -2.25. The van der Waals surface area contributed by atoms with E-state index in [-0.39, 0.29) is 12.3 Å². The van der Waals surface area contributed by atoms with Gasteiger partial charge in [0.2, 0.25) is 27.7 Å². The monoisotopic (exact) mass is 525 g/mol. The van der Waals surface area contributed by atoms with Crippen molar-refractivity contribution in [3.05, 3.63) is 77.2 Å². The molecular weight excluding hydrogens is 494 g/mol. The Morgan fingerprint density at radius 3 is 2.11 bits per heavy atom. The molecule has 4 atom stereocenters. The van der Waals surface area contributed by atoms with E-state index < -0.39 is 57.4 Å². The number of rotatable bonds is 11. The summed E-state index contributed by atoms with van der Waals surface area (Å²) in [6.07, 6.45) is 1.16. The second kappa shape index (κ2) is 12.1. The molecule has 196 valence electrons. The Labute approximate surface area is 216 Å². The van der Waals surface area contributed by atoms with Gasteiger partial charge in [-0.05, 0) is 23.1 Å². The molecule has 10 heteroatoms. The number of benzene rings is 2. The van der Waals surface area contributed by atoms with Crippen LogP contribution in [0.25, 0.3) is 6.08 Å². The van der Waals surface area contributed by atoms with Crippen LogP contribution in [-0.2, 0) is 29.2 Å². The highest BCUT2D eigenvalue weighted by molar-refractivity contribution is 7.92. The first kappa shape index (κ1) is 27.9. The van der Waals surface area contributed by atoms with Crippen molar-refractivity contribution in [3.8, 4) is 0 Å². The highest BCUT2D eigenvalue weighted by Crippen LogP contribution is 2.24. The molecule has 9 nitrogen and oxygen atoms in total. The minimum Gasteiger partial charge on any atom is -0.346 e. The molecule has 0 saturated carbocycles. The second-order valence-corrected chi connectivity index (χ2v) is 11.0. The molecule has 3 amide bonds. The van der Waals surface area contributed by atoms with Crippen molar-refractivity contribution in [2.75, 3.05) is 0 Å². The van der Waals surface area contributed by atoms with Gasteiger partial charge in [-0.25, -0.2) is 13.1 Å². The zero-order chi connectivity index (χ0) is 27.2.